The van der Waals surface area contributed by atoms with Gasteiger partial charge in [-0.1, -0.05) is 44.2 Å². The minimum absolute atomic E-state index is 0.0260. The van der Waals surface area contributed by atoms with Gasteiger partial charge in [0.25, 0.3) is 0 Å². The smallest absolute Gasteiger partial charge is 0.341 e. The molecule has 0 saturated heterocycles. The first kappa shape index (κ1) is 18.4. The van der Waals surface area contributed by atoms with E-state index >= 15 is 0 Å². The zero-order valence-electron chi connectivity index (χ0n) is 15.4. The summed E-state index contributed by atoms with van der Waals surface area (Å²) in [6.45, 7) is 4.66. The van der Waals surface area contributed by atoms with Gasteiger partial charge in [-0.2, -0.15) is 0 Å². The molecule has 0 bridgehead atoms. The van der Waals surface area contributed by atoms with Crippen molar-refractivity contribution < 1.29 is 19.4 Å². The summed E-state index contributed by atoms with van der Waals surface area (Å²) in [5.41, 5.74) is 1.53. The molecule has 26 heavy (non-hydrogen) atoms. The first-order valence-corrected chi connectivity index (χ1v) is 8.86. The second-order valence-corrected chi connectivity index (χ2v) is 6.82. The molecule has 0 radical (unpaired) electrons. The van der Waals surface area contributed by atoms with E-state index in [9.17, 15) is 9.90 Å². The highest BCUT2D eigenvalue weighted by molar-refractivity contribution is 5.77. The number of rotatable bonds is 5. The number of hydrogen-bond donors (Lipinski definition) is 2. The summed E-state index contributed by atoms with van der Waals surface area (Å²) in [4.78, 5) is 12.7. The molecule has 0 amide bonds. The van der Waals surface area contributed by atoms with Crippen LogP contribution < -0.4 is 10.1 Å². The number of aliphatic hydroxyl groups excluding tert-OH is 1. The van der Waals surface area contributed by atoms with E-state index in [0.717, 1.165) is 23.3 Å². The van der Waals surface area contributed by atoms with Crippen LogP contribution in [0.5, 0.6) is 5.75 Å². The van der Waals surface area contributed by atoms with Gasteiger partial charge < -0.3 is 14.6 Å². The van der Waals surface area contributed by atoms with Gasteiger partial charge in [0.1, 0.15) is 5.75 Å². The van der Waals surface area contributed by atoms with E-state index in [1.54, 1.807) is 31.4 Å². The number of aliphatic hydroxyl groups is 1. The number of benzene rings is 2. The van der Waals surface area contributed by atoms with Crippen LogP contribution in [0.1, 0.15) is 36.6 Å². The molecular weight excluding hydrogens is 330 g/mol. The van der Waals surface area contributed by atoms with Crippen LogP contribution in [-0.4, -0.2) is 24.7 Å². The average Bonchev–Trinajstić information content (AvgIpc) is 2.67. The van der Waals surface area contributed by atoms with E-state index in [4.69, 9.17) is 9.47 Å². The van der Waals surface area contributed by atoms with E-state index in [1.807, 2.05) is 38.1 Å². The van der Waals surface area contributed by atoms with Crippen molar-refractivity contribution in [3.8, 4) is 5.75 Å². The van der Waals surface area contributed by atoms with Crippen LogP contribution in [0.3, 0.4) is 0 Å². The maximum atomic E-state index is 12.7. The van der Waals surface area contributed by atoms with Crippen molar-refractivity contribution in [3.05, 3.63) is 65.2 Å². The topological polar surface area (TPSA) is 67.8 Å². The van der Waals surface area contributed by atoms with E-state index in [-0.39, 0.29) is 5.92 Å². The highest BCUT2D eigenvalue weighted by Gasteiger charge is 2.44. The highest BCUT2D eigenvalue weighted by atomic mass is 16.6. The summed E-state index contributed by atoms with van der Waals surface area (Å²) in [5, 5.41) is 13.8. The third-order valence-electron chi connectivity index (χ3n) is 4.91. The summed E-state index contributed by atoms with van der Waals surface area (Å²) in [5.74, 6) is 0.0851. The van der Waals surface area contributed by atoms with Gasteiger partial charge in [0.2, 0.25) is 0 Å². The molecule has 2 aromatic rings. The van der Waals surface area contributed by atoms with Crippen LogP contribution in [0.25, 0.3) is 0 Å². The molecule has 0 saturated carbocycles. The largest absolute Gasteiger partial charge is 0.497 e. The highest BCUT2D eigenvalue weighted by Crippen LogP contribution is 2.38. The van der Waals surface area contributed by atoms with Gasteiger partial charge in [-0.3, -0.25) is 5.32 Å². The summed E-state index contributed by atoms with van der Waals surface area (Å²) < 4.78 is 11.2. The molecule has 2 N–H and O–H groups in total. The molecule has 0 fully saturated rings. The van der Waals surface area contributed by atoms with Crippen LogP contribution in [0.2, 0.25) is 0 Å². The standard InChI is InChI=1S/C21H25NO4/c1-14(2)21(26-20(24)19(23)15-7-5-4-6-8-15)18-10-9-17(25-3)13-16(18)11-12-22-21/h4-10,13-14,19,22-23H,11-12H2,1-3H3/t19-,21?/m1/s1. The van der Waals surface area contributed by atoms with Gasteiger partial charge in [-0.15, -0.1) is 0 Å². The quantitative estimate of drug-likeness (QED) is 0.807. The molecule has 0 spiro atoms. The number of carbonyl (C=O) groups excluding carboxylic acids is 1. The van der Waals surface area contributed by atoms with Gasteiger partial charge in [-0.25, -0.2) is 4.79 Å². The number of carbonyl (C=O) groups is 1. The zero-order chi connectivity index (χ0) is 18.7. The van der Waals surface area contributed by atoms with Gasteiger partial charge in [0.15, 0.2) is 11.8 Å². The van der Waals surface area contributed by atoms with E-state index < -0.39 is 17.8 Å². The van der Waals surface area contributed by atoms with Crippen LogP contribution in [0.15, 0.2) is 48.5 Å². The second-order valence-electron chi connectivity index (χ2n) is 6.82. The Hall–Kier alpha value is -2.37. The lowest BCUT2D eigenvalue weighted by Crippen LogP contribution is -2.54. The monoisotopic (exact) mass is 355 g/mol. The van der Waals surface area contributed by atoms with Gasteiger partial charge in [0, 0.05) is 18.0 Å². The predicted octanol–water partition coefficient (Wildman–Crippen LogP) is 2.93. The molecule has 1 unspecified atom stereocenters. The summed E-state index contributed by atoms with van der Waals surface area (Å²) >= 11 is 0. The summed E-state index contributed by atoms with van der Waals surface area (Å²) in [6.07, 6.45) is -0.503. The van der Waals surface area contributed by atoms with E-state index in [2.05, 4.69) is 5.32 Å². The Balaban J connectivity index is 1.94. The van der Waals surface area contributed by atoms with Crippen LogP contribution in [0, 0.1) is 5.92 Å². The third-order valence-corrected chi connectivity index (χ3v) is 4.91. The van der Waals surface area contributed by atoms with Crippen molar-refractivity contribution in [2.75, 3.05) is 13.7 Å². The maximum absolute atomic E-state index is 12.7. The van der Waals surface area contributed by atoms with Crippen LogP contribution in [-0.2, 0) is 21.7 Å². The normalized spacial score (nSPS) is 20.3. The predicted molar refractivity (Wildman–Crippen MR) is 98.7 cm³/mol. The summed E-state index contributed by atoms with van der Waals surface area (Å²) in [6, 6.07) is 14.6. The maximum Gasteiger partial charge on any atom is 0.341 e. The Morgan fingerprint density at radius 3 is 2.58 bits per heavy atom. The average molecular weight is 355 g/mol. The molecule has 3 rings (SSSR count). The van der Waals surface area contributed by atoms with Crippen molar-refractivity contribution >= 4 is 5.97 Å². The molecule has 2 aromatic carbocycles. The molecular formula is C21H25NO4. The van der Waals surface area contributed by atoms with E-state index in [0.29, 0.717) is 12.1 Å². The van der Waals surface area contributed by atoms with Crippen molar-refractivity contribution in [2.24, 2.45) is 5.92 Å². The molecule has 5 nitrogen and oxygen atoms in total. The minimum Gasteiger partial charge on any atom is -0.497 e. The minimum atomic E-state index is -1.32. The first-order valence-electron chi connectivity index (χ1n) is 8.86. The fourth-order valence-electron chi connectivity index (χ4n) is 3.45. The fourth-order valence-corrected chi connectivity index (χ4v) is 3.45. The van der Waals surface area contributed by atoms with Crippen molar-refractivity contribution in [1.82, 2.24) is 5.32 Å². The van der Waals surface area contributed by atoms with Crippen molar-refractivity contribution in [3.63, 3.8) is 0 Å². The molecule has 0 aliphatic carbocycles. The van der Waals surface area contributed by atoms with Crippen molar-refractivity contribution in [1.29, 1.82) is 0 Å². The fraction of sp³-hybridized carbons (Fsp3) is 0.381. The van der Waals surface area contributed by atoms with Gasteiger partial charge in [0.05, 0.1) is 7.11 Å². The Kier molecular flexibility index (Phi) is 5.30. The molecule has 2 atom stereocenters. The van der Waals surface area contributed by atoms with Crippen LogP contribution in [0.4, 0.5) is 0 Å². The SMILES string of the molecule is COc1ccc2c(c1)CCNC2(OC(=O)[C@H](O)c1ccccc1)C(C)C. The van der Waals surface area contributed by atoms with Gasteiger partial charge in [-0.05, 0) is 35.7 Å². The Morgan fingerprint density at radius 2 is 1.92 bits per heavy atom. The number of hydrogen-bond acceptors (Lipinski definition) is 5. The number of esters is 1. The molecule has 138 valence electrons. The van der Waals surface area contributed by atoms with E-state index in [1.165, 1.54) is 0 Å². The Morgan fingerprint density at radius 1 is 1.19 bits per heavy atom. The number of fused-ring (bicyclic) bond motifs is 1. The lowest BCUT2D eigenvalue weighted by atomic mass is 9.83. The molecule has 0 aromatic heterocycles. The number of methoxy groups -OCH3 is 1. The zero-order valence-corrected chi connectivity index (χ0v) is 15.4. The Bertz CT molecular complexity index is 775. The first-order chi connectivity index (χ1) is 12.5. The second kappa shape index (κ2) is 7.48. The van der Waals surface area contributed by atoms with Crippen molar-refractivity contribution in [2.45, 2.75) is 32.1 Å². The number of ether oxygens (including phenoxy) is 2. The number of nitrogens with one attached hydrogen (secondary N) is 1. The molecule has 1 aliphatic rings. The molecule has 1 heterocycles. The lowest BCUT2D eigenvalue weighted by Gasteiger charge is -2.42. The lowest BCUT2D eigenvalue weighted by molar-refractivity contribution is -0.184. The molecule has 1 aliphatic heterocycles. The third kappa shape index (κ3) is 3.32. The summed E-state index contributed by atoms with van der Waals surface area (Å²) in [7, 11) is 1.63. The Labute approximate surface area is 153 Å². The van der Waals surface area contributed by atoms with Gasteiger partial charge >= 0.3 is 5.97 Å². The van der Waals surface area contributed by atoms with Crippen LogP contribution >= 0.6 is 0 Å². The molecule has 5 heteroatoms.